The zero-order valence-electron chi connectivity index (χ0n) is 23.5. The third-order valence-corrected chi connectivity index (χ3v) is 8.87. The van der Waals surface area contributed by atoms with Gasteiger partial charge in [0.15, 0.2) is 11.6 Å². The van der Waals surface area contributed by atoms with Crippen LogP contribution in [0.3, 0.4) is 0 Å². The molecule has 1 heterocycles. The lowest BCUT2D eigenvalue weighted by Gasteiger charge is -2.26. The molecule has 1 amide bonds. The number of benzene rings is 4. The monoisotopic (exact) mass is 622 g/mol. The molecule has 9 nitrogen and oxygen atoms in total. The number of amides is 1. The first-order valence-corrected chi connectivity index (χ1v) is 15.1. The van der Waals surface area contributed by atoms with E-state index in [1.54, 1.807) is 49.4 Å². The van der Waals surface area contributed by atoms with Gasteiger partial charge in [-0.1, -0.05) is 30.3 Å². The van der Waals surface area contributed by atoms with Gasteiger partial charge >= 0.3 is 5.97 Å². The van der Waals surface area contributed by atoms with Crippen LogP contribution in [0.25, 0.3) is 11.1 Å². The molecule has 5 rings (SSSR count). The Kier molecular flexibility index (Phi) is 8.81. The summed E-state index contributed by atoms with van der Waals surface area (Å²) in [6.07, 6.45) is 0.138. The molecule has 0 unspecified atom stereocenters. The van der Waals surface area contributed by atoms with Gasteiger partial charge in [0.1, 0.15) is 24.2 Å². The van der Waals surface area contributed by atoms with Gasteiger partial charge < -0.3 is 19.9 Å². The third-order valence-electron chi connectivity index (χ3n) is 7.03. The first-order chi connectivity index (χ1) is 21.1. The van der Waals surface area contributed by atoms with Crippen LogP contribution in [-0.2, 0) is 21.2 Å². The number of aromatic carboxylic acids is 1. The SMILES string of the molecule is CCOc1cc(F)ccc1-c1ccc(S(=O)(=O)N2c3ccccc3C[C@H]2C(=O)NCCOc2ccc(C(=O)O)cc2F)cc1. The van der Waals surface area contributed by atoms with Gasteiger partial charge in [-0.15, -0.1) is 0 Å². The average Bonchev–Trinajstić information content (AvgIpc) is 3.41. The molecule has 1 aliphatic rings. The van der Waals surface area contributed by atoms with Gasteiger partial charge in [-0.3, -0.25) is 9.10 Å². The maximum absolute atomic E-state index is 14.2. The summed E-state index contributed by atoms with van der Waals surface area (Å²) in [7, 11) is -4.21. The zero-order chi connectivity index (χ0) is 31.4. The Labute approximate surface area is 252 Å². The highest BCUT2D eigenvalue weighted by molar-refractivity contribution is 7.93. The summed E-state index contributed by atoms with van der Waals surface area (Å²) in [5.74, 6) is -3.02. The van der Waals surface area contributed by atoms with Gasteiger partial charge in [0.05, 0.1) is 29.3 Å². The highest BCUT2D eigenvalue weighted by atomic mass is 32.2. The fourth-order valence-electron chi connectivity index (χ4n) is 4.99. The Bertz CT molecular complexity index is 1810. The van der Waals surface area contributed by atoms with E-state index >= 15 is 0 Å². The number of nitrogens with one attached hydrogen (secondary N) is 1. The Morgan fingerprint density at radius 1 is 0.955 bits per heavy atom. The minimum absolute atomic E-state index is 0.0422. The van der Waals surface area contributed by atoms with Crippen molar-refractivity contribution in [3.05, 3.63) is 108 Å². The van der Waals surface area contributed by atoms with Crippen molar-refractivity contribution in [2.75, 3.05) is 24.1 Å². The molecular weight excluding hydrogens is 594 g/mol. The Morgan fingerprint density at radius 3 is 2.41 bits per heavy atom. The van der Waals surface area contributed by atoms with E-state index in [9.17, 15) is 26.8 Å². The number of carboxylic acid groups (broad SMARTS) is 1. The molecule has 0 fully saturated rings. The second kappa shape index (κ2) is 12.7. The lowest BCUT2D eigenvalue weighted by Crippen LogP contribution is -2.48. The molecule has 0 radical (unpaired) electrons. The van der Waals surface area contributed by atoms with E-state index in [4.69, 9.17) is 14.6 Å². The van der Waals surface area contributed by atoms with Crippen molar-refractivity contribution in [3.63, 3.8) is 0 Å². The minimum Gasteiger partial charge on any atom is -0.493 e. The molecule has 228 valence electrons. The highest BCUT2D eigenvalue weighted by Gasteiger charge is 2.42. The van der Waals surface area contributed by atoms with Crippen molar-refractivity contribution < 1.29 is 41.4 Å². The molecule has 12 heteroatoms. The van der Waals surface area contributed by atoms with E-state index in [0.717, 1.165) is 10.4 Å². The van der Waals surface area contributed by atoms with E-state index in [2.05, 4.69) is 5.32 Å². The summed E-state index contributed by atoms with van der Waals surface area (Å²) in [6, 6.07) is 19.1. The number of carbonyl (C=O) groups is 2. The van der Waals surface area contributed by atoms with E-state index in [-0.39, 0.29) is 35.8 Å². The molecule has 0 aromatic heterocycles. The molecule has 1 atom stereocenters. The number of nitrogens with zero attached hydrogens (tertiary/aromatic N) is 1. The maximum Gasteiger partial charge on any atom is 0.335 e. The summed E-state index contributed by atoms with van der Waals surface area (Å²) in [4.78, 5) is 24.3. The smallest absolute Gasteiger partial charge is 0.335 e. The van der Waals surface area contributed by atoms with Crippen LogP contribution in [-0.4, -0.2) is 51.2 Å². The molecule has 4 aromatic rings. The van der Waals surface area contributed by atoms with Gasteiger partial charge in [0, 0.05) is 18.1 Å². The van der Waals surface area contributed by atoms with Gasteiger partial charge in [0.2, 0.25) is 5.91 Å². The van der Waals surface area contributed by atoms with E-state index in [1.165, 1.54) is 36.4 Å². The number of sulfonamides is 1. The van der Waals surface area contributed by atoms with E-state index in [0.29, 0.717) is 34.7 Å². The number of carboxylic acids is 1. The Hall–Kier alpha value is -4.97. The number of ether oxygens (including phenoxy) is 2. The zero-order valence-corrected chi connectivity index (χ0v) is 24.3. The summed E-state index contributed by atoms with van der Waals surface area (Å²) < 4.78 is 67.9. The van der Waals surface area contributed by atoms with Crippen molar-refractivity contribution in [1.82, 2.24) is 5.32 Å². The number of rotatable bonds is 11. The van der Waals surface area contributed by atoms with Gasteiger partial charge in [-0.05, 0) is 66.6 Å². The summed E-state index contributed by atoms with van der Waals surface area (Å²) in [5.41, 5.74) is 2.05. The Morgan fingerprint density at radius 2 is 1.70 bits per heavy atom. The molecule has 0 saturated heterocycles. The second-order valence-electron chi connectivity index (χ2n) is 9.84. The lowest BCUT2D eigenvalue weighted by molar-refractivity contribution is -0.122. The van der Waals surface area contributed by atoms with Crippen LogP contribution in [0.2, 0.25) is 0 Å². The molecule has 2 N–H and O–H groups in total. The molecule has 0 bridgehead atoms. The molecule has 1 aliphatic heterocycles. The number of carbonyl (C=O) groups excluding carboxylic acids is 1. The van der Waals surface area contributed by atoms with E-state index < -0.39 is 39.6 Å². The maximum atomic E-state index is 14.2. The molecule has 4 aromatic carbocycles. The van der Waals surface area contributed by atoms with Crippen molar-refractivity contribution in [3.8, 4) is 22.6 Å². The molecule has 0 spiro atoms. The van der Waals surface area contributed by atoms with Crippen molar-refractivity contribution in [1.29, 1.82) is 0 Å². The quantitative estimate of drug-likeness (QED) is 0.225. The predicted molar refractivity (Wildman–Crippen MR) is 158 cm³/mol. The summed E-state index contributed by atoms with van der Waals surface area (Å²) >= 11 is 0. The second-order valence-corrected chi connectivity index (χ2v) is 11.7. The topological polar surface area (TPSA) is 122 Å². The van der Waals surface area contributed by atoms with Crippen LogP contribution in [0.1, 0.15) is 22.8 Å². The van der Waals surface area contributed by atoms with Crippen LogP contribution in [0.15, 0.2) is 89.8 Å². The molecular formula is C32H28F2N2O7S. The van der Waals surface area contributed by atoms with Crippen LogP contribution in [0, 0.1) is 11.6 Å². The fourth-order valence-corrected chi connectivity index (χ4v) is 6.64. The molecule has 44 heavy (non-hydrogen) atoms. The van der Waals surface area contributed by atoms with Crippen LogP contribution in [0.4, 0.5) is 14.5 Å². The largest absolute Gasteiger partial charge is 0.493 e. The number of para-hydroxylation sites is 1. The van der Waals surface area contributed by atoms with Crippen molar-refractivity contribution in [2.45, 2.75) is 24.3 Å². The third kappa shape index (κ3) is 6.20. The van der Waals surface area contributed by atoms with Crippen LogP contribution >= 0.6 is 0 Å². The summed E-state index contributed by atoms with van der Waals surface area (Å²) in [6.45, 7) is 1.90. The number of hydrogen-bond donors (Lipinski definition) is 2. The number of anilines is 1. The first-order valence-electron chi connectivity index (χ1n) is 13.7. The molecule has 0 aliphatic carbocycles. The van der Waals surface area contributed by atoms with Crippen LogP contribution < -0.4 is 19.1 Å². The van der Waals surface area contributed by atoms with Crippen molar-refractivity contribution >= 4 is 27.6 Å². The van der Waals surface area contributed by atoms with Gasteiger partial charge in [-0.2, -0.15) is 0 Å². The Balaban J connectivity index is 1.33. The number of hydrogen-bond acceptors (Lipinski definition) is 6. The standard InChI is InChI=1S/C32H28F2N2O7S/c1-2-42-30-19-23(33)10-13-25(30)20-7-11-24(12-8-20)44(40,41)36-27-6-4-3-5-21(27)18-28(36)31(37)35-15-16-43-29-14-9-22(32(38)39)17-26(29)34/h3-14,17,19,28H,2,15-16,18H2,1H3,(H,35,37)(H,38,39)/t28-/m0/s1. The van der Waals surface area contributed by atoms with Crippen molar-refractivity contribution in [2.24, 2.45) is 0 Å². The van der Waals surface area contributed by atoms with E-state index in [1.807, 2.05) is 0 Å². The number of fused-ring (bicyclic) bond motifs is 1. The minimum atomic E-state index is -4.21. The normalized spacial score (nSPS) is 14.2. The van der Waals surface area contributed by atoms with Crippen LogP contribution in [0.5, 0.6) is 11.5 Å². The fraction of sp³-hybridized carbons (Fsp3) is 0.188. The summed E-state index contributed by atoms with van der Waals surface area (Å²) in [5, 5.41) is 11.6. The van der Waals surface area contributed by atoms with Gasteiger partial charge in [0.25, 0.3) is 10.0 Å². The highest BCUT2D eigenvalue weighted by Crippen LogP contribution is 2.38. The predicted octanol–water partition coefficient (Wildman–Crippen LogP) is 5.04. The number of halogens is 2. The lowest BCUT2D eigenvalue weighted by atomic mass is 10.0. The first kappa shape index (κ1) is 30.5. The molecule has 0 saturated carbocycles. The van der Waals surface area contributed by atoms with Gasteiger partial charge in [-0.25, -0.2) is 22.0 Å². The average molecular weight is 623 g/mol.